The minimum absolute atomic E-state index is 0.0728. The Kier molecular flexibility index (Phi) is 7.53. The van der Waals surface area contributed by atoms with Crippen molar-refractivity contribution in [3.63, 3.8) is 0 Å². The average Bonchev–Trinajstić information content (AvgIpc) is 2.98. The number of nitrogens with zero attached hydrogens (tertiary/aromatic N) is 2. The van der Waals surface area contributed by atoms with E-state index in [2.05, 4.69) is 0 Å². The molecule has 0 saturated carbocycles. The SMILES string of the molecule is Cc1ccc(OCCCC(=O)N2CCCN(C(=O)c3ccccc3Cl)CC2)cc1. The summed E-state index contributed by atoms with van der Waals surface area (Å²) in [6.07, 6.45) is 1.89. The van der Waals surface area contributed by atoms with Crippen LogP contribution in [0.4, 0.5) is 0 Å². The average molecular weight is 415 g/mol. The van der Waals surface area contributed by atoms with E-state index in [9.17, 15) is 9.59 Å². The van der Waals surface area contributed by atoms with Gasteiger partial charge in [-0.05, 0) is 44.0 Å². The first-order valence-corrected chi connectivity index (χ1v) is 10.4. The van der Waals surface area contributed by atoms with Gasteiger partial charge in [-0.25, -0.2) is 0 Å². The van der Waals surface area contributed by atoms with Gasteiger partial charge < -0.3 is 14.5 Å². The first-order chi connectivity index (χ1) is 14.0. The summed E-state index contributed by atoms with van der Waals surface area (Å²) in [5.41, 5.74) is 1.71. The van der Waals surface area contributed by atoms with Crippen LogP contribution < -0.4 is 4.74 Å². The van der Waals surface area contributed by atoms with Gasteiger partial charge in [0.1, 0.15) is 5.75 Å². The standard InChI is InChI=1S/C23H27ClN2O3/c1-18-9-11-19(12-10-18)29-17-4-8-22(27)25-13-5-14-26(16-15-25)23(28)20-6-2-3-7-21(20)24/h2-3,6-7,9-12H,4-5,8,13-17H2,1H3. The van der Waals surface area contributed by atoms with Gasteiger partial charge in [-0.2, -0.15) is 0 Å². The van der Waals surface area contributed by atoms with E-state index in [-0.39, 0.29) is 11.8 Å². The highest BCUT2D eigenvalue weighted by Gasteiger charge is 2.23. The number of benzene rings is 2. The molecule has 0 aromatic heterocycles. The lowest BCUT2D eigenvalue weighted by Gasteiger charge is -2.22. The van der Waals surface area contributed by atoms with Gasteiger partial charge in [0.15, 0.2) is 0 Å². The molecule has 0 radical (unpaired) electrons. The van der Waals surface area contributed by atoms with Gasteiger partial charge in [-0.3, -0.25) is 9.59 Å². The fraction of sp³-hybridized carbons (Fsp3) is 0.391. The summed E-state index contributed by atoms with van der Waals surface area (Å²) in [6.45, 7) is 4.92. The Hall–Kier alpha value is -2.53. The first-order valence-electron chi connectivity index (χ1n) is 10.1. The highest BCUT2D eigenvalue weighted by molar-refractivity contribution is 6.33. The van der Waals surface area contributed by atoms with E-state index >= 15 is 0 Å². The monoisotopic (exact) mass is 414 g/mol. The second-order valence-electron chi connectivity index (χ2n) is 7.27. The quantitative estimate of drug-likeness (QED) is 0.666. The third-order valence-electron chi connectivity index (χ3n) is 5.06. The number of carbonyl (C=O) groups excluding carboxylic acids is 2. The molecule has 0 atom stereocenters. The molecule has 0 unspecified atom stereocenters. The van der Waals surface area contributed by atoms with Crippen LogP contribution >= 0.6 is 11.6 Å². The highest BCUT2D eigenvalue weighted by Crippen LogP contribution is 2.18. The Morgan fingerprint density at radius 2 is 1.66 bits per heavy atom. The number of ether oxygens (including phenoxy) is 1. The van der Waals surface area contributed by atoms with Crippen molar-refractivity contribution in [1.82, 2.24) is 9.80 Å². The Morgan fingerprint density at radius 3 is 2.41 bits per heavy atom. The lowest BCUT2D eigenvalue weighted by atomic mass is 10.2. The predicted molar refractivity (Wildman–Crippen MR) is 114 cm³/mol. The van der Waals surface area contributed by atoms with Gasteiger partial charge >= 0.3 is 0 Å². The maximum Gasteiger partial charge on any atom is 0.255 e. The van der Waals surface area contributed by atoms with Crippen molar-refractivity contribution in [3.8, 4) is 5.75 Å². The summed E-state index contributed by atoms with van der Waals surface area (Å²) in [5, 5.41) is 0.461. The fourth-order valence-corrected chi connectivity index (χ4v) is 3.60. The number of hydrogen-bond acceptors (Lipinski definition) is 3. The summed E-state index contributed by atoms with van der Waals surface area (Å²) >= 11 is 6.16. The summed E-state index contributed by atoms with van der Waals surface area (Å²) in [4.78, 5) is 28.9. The number of halogens is 1. The molecule has 6 heteroatoms. The molecule has 29 heavy (non-hydrogen) atoms. The molecule has 1 saturated heterocycles. The zero-order valence-electron chi connectivity index (χ0n) is 16.8. The molecule has 1 heterocycles. The Bertz CT molecular complexity index is 838. The van der Waals surface area contributed by atoms with Crippen LogP contribution in [0.2, 0.25) is 5.02 Å². The van der Waals surface area contributed by atoms with E-state index in [4.69, 9.17) is 16.3 Å². The first kappa shape index (κ1) is 21.2. The van der Waals surface area contributed by atoms with Crippen molar-refractivity contribution in [3.05, 3.63) is 64.7 Å². The van der Waals surface area contributed by atoms with Gasteiger partial charge in [0, 0.05) is 32.6 Å². The number of carbonyl (C=O) groups is 2. The molecule has 2 amide bonds. The van der Waals surface area contributed by atoms with Crippen LogP contribution in [0.5, 0.6) is 5.75 Å². The molecule has 3 rings (SSSR count). The molecule has 5 nitrogen and oxygen atoms in total. The van der Waals surface area contributed by atoms with Crippen LogP contribution in [-0.2, 0) is 4.79 Å². The second kappa shape index (κ2) is 10.3. The number of rotatable bonds is 6. The molecule has 2 aromatic rings. The molecule has 0 aliphatic carbocycles. The van der Waals surface area contributed by atoms with E-state index in [1.807, 2.05) is 48.2 Å². The molecule has 1 aliphatic heterocycles. The Morgan fingerprint density at radius 1 is 0.966 bits per heavy atom. The third-order valence-corrected chi connectivity index (χ3v) is 5.39. The van der Waals surface area contributed by atoms with Crippen molar-refractivity contribution in [2.24, 2.45) is 0 Å². The highest BCUT2D eigenvalue weighted by atomic mass is 35.5. The smallest absolute Gasteiger partial charge is 0.255 e. The molecule has 1 aliphatic rings. The number of amides is 2. The van der Waals surface area contributed by atoms with Gasteiger partial charge in [-0.1, -0.05) is 41.4 Å². The summed E-state index contributed by atoms with van der Waals surface area (Å²) < 4.78 is 5.70. The zero-order valence-corrected chi connectivity index (χ0v) is 17.5. The number of hydrogen-bond donors (Lipinski definition) is 0. The van der Waals surface area contributed by atoms with E-state index in [1.165, 1.54) is 5.56 Å². The van der Waals surface area contributed by atoms with Crippen LogP contribution in [0.1, 0.15) is 35.2 Å². The van der Waals surface area contributed by atoms with E-state index in [1.54, 1.807) is 17.0 Å². The molecule has 0 bridgehead atoms. The van der Waals surface area contributed by atoms with Crippen molar-refractivity contribution in [2.75, 3.05) is 32.8 Å². The second-order valence-corrected chi connectivity index (χ2v) is 7.68. The van der Waals surface area contributed by atoms with Crippen LogP contribution in [0.3, 0.4) is 0 Å². The Labute approximate surface area is 177 Å². The minimum Gasteiger partial charge on any atom is -0.494 e. The maximum atomic E-state index is 12.7. The van der Waals surface area contributed by atoms with Crippen molar-refractivity contribution >= 4 is 23.4 Å². The molecule has 154 valence electrons. The molecule has 2 aromatic carbocycles. The Balaban J connectivity index is 1.43. The molecular formula is C23H27ClN2O3. The summed E-state index contributed by atoms with van der Waals surface area (Å²) in [5.74, 6) is 0.868. The van der Waals surface area contributed by atoms with Gasteiger partial charge in [0.25, 0.3) is 5.91 Å². The van der Waals surface area contributed by atoms with E-state index in [0.29, 0.717) is 56.2 Å². The summed E-state index contributed by atoms with van der Waals surface area (Å²) in [7, 11) is 0. The van der Waals surface area contributed by atoms with E-state index in [0.717, 1.165) is 12.2 Å². The minimum atomic E-state index is -0.0728. The molecule has 0 spiro atoms. The van der Waals surface area contributed by atoms with Crippen LogP contribution in [0, 0.1) is 6.92 Å². The largest absolute Gasteiger partial charge is 0.494 e. The maximum absolute atomic E-state index is 12.7. The molecule has 1 fully saturated rings. The van der Waals surface area contributed by atoms with E-state index < -0.39 is 0 Å². The van der Waals surface area contributed by atoms with Crippen molar-refractivity contribution < 1.29 is 14.3 Å². The van der Waals surface area contributed by atoms with Crippen LogP contribution in [-0.4, -0.2) is 54.4 Å². The van der Waals surface area contributed by atoms with Crippen molar-refractivity contribution in [1.29, 1.82) is 0 Å². The lowest BCUT2D eigenvalue weighted by molar-refractivity contribution is -0.131. The van der Waals surface area contributed by atoms with Crippen LogP contribution in [0.25, 0.3) is 0 Å². The normalized spacial score (nSPS) is 14.4. The van der Waals surface area contributed by atoms with Gasteiger partial charge in [0.05, 0.1) is 17.2 Å². The molecule has 0 N–H and O–H groups in total. The zero-order chi connectivity index (χ0) is 20.6. The summed E-state index contributed by atoms with van der Waals surface area (Å²) in [6, 6.07) is 15.0. The number of aryl methyl sites for hydroxylation is 1. The van der Waals surface area contributed by atoms with Gasteiger partial charge in [-0.15, -0.1) is 0 Å². The topological polar surface area (TPSA) is 49.9 Å². The van der Waals surface area contributed by atoms with Crippen molar-refractivity contribution in [2.45, 2.75) is 26.2 Å². The third kappa shape index (κ3) is 5.97. The van der Waals surface area contributed by atoms with Gasteiger partial charge in [0.2, 0.25) is 5.91 Å². The molecular weight excluding hydrogens is 388 g/mol. The predicted octanol–water partition coefficient (Wildman–Crippen LogP) is 4.18. The van der Waals surface area contributed by atoms with Crippen LogP contribution in [0.15, 0.2) is 48.5 Å². The fourth-order valence-electron chi connectivity index (χ4n) is 3.38. The lowest BCUT2D eigenvalue weighted by Crippen LogP contribution is -2.37.